The molecule has 0 saturated carbocycles. The fourth-order valence-electron chi connectivity index (χ4n) is 2.51. The molecule has 3 rings (SSSR count). The van der Waals surface area contributed by atoms with E-state index in [-0.39, 0.29) is 0 Å². The van der Waals surface area contributed by atoms with Crippen LogP contribution in [0.15, 0.2) is 78.0 Å². The van der Waals surface area contributed by atoms with Crippen molar-refractivity contribution in [2.75, 3.05) is 24.3 Å². The minimum atomic E-state index is 0.820. The summed E-state index contributed by atoms with van der Waals surface area (Å²) in [5, 5.41) is 3.52. The summed E-state index contributed by atoms with van der Waals surface area (Å²) in [5.74, 6) is 0.955. The molecule has 0 amide bonds. The Morgan fingerprint density at radius 3 is 2.36 bits per heavy atom. The molecule has 0 saturated heterocycles. The van der Waals surface area contributed by atoms with Crippen LogP contribution in [0.3, 0.4) is 0 Å². The van der Waals surface area contributed by atoms with E-state index in [1.807, 2.05) is 24.2 Å². The summed E-state index contributed by atoms with van der Waals surface area (Å²) in [4.78, 5) is 7.50. The normalized spacial score (nSPS) is 10.5. The highest BCUT2D eigenvalue weighted by Gasteiger charge is 2.04. The molecular formula is C21H23N3S. The smallest absolute Gasteiger partial charge is 0.0411 e. The average Bonchev–Trinajstić information content (AvgIpc) is 2.66. The molecule has 0 radical (unpaired) electrons. The van der Waals surface area contributed by atoms with Crippen LogP contribution in [0.25, 0.3) is 0 Å². The van der Waals surface area contributed by atoms with E-state index in [1.54, 1.807) is 0 Å². The maximum absolute atomic E-state index is 4.08. The van der Waals surface area contributed by atoms with E-state index in [4.69, 9.17) is 0 Å². The largest absolute Gasteiger partial charge is 0.381 e. The van der Waals surface area contributed by atoms with Gasteiger partial charge in [-0.15, -0.1) is 11.8 Å². The molecular weight excluding hydrogens is 326 g/mol. The van der Waals surface area contributed by atoms with E-state index in [2.05, 4.69) is 90.0 Å². The zero-order valence-electron chi connectivity index (χ0n) is 14.6. The molecule has 0 spiro atoms. The molecule has 0 aliphatic carbocycles. The summed E-state index contributed by atoms with van der Waals surface area (Å²) in [6.07, 6.45) is 3.70. The molecule has 0 unspecified atom stereocenters. The van der Waals surface area contributed by atoms with Gasteiger partial charge in [0.05, 0.1) is 0 Å². The van der Waals surface area contributed by atoms with Crippen LogP contribution in [0.5, 0.6) is 0 Å². The van der Waals surface area contributed by atoms with E-state index in [1.165, 1.54) is 21.7 Å². The Kier molecular flexibility index (Phi) is 5.96. The standard InChI is InChI=1S/C21H23N3S/c1-24(2)20-9-7-19(8-10-20)23-15-18-5-3-4-6-21(18)25-16-17-11-13-22-14-12-17/h3-14,23H,15-16H2,1-2H3. The predicted molar refractivity (Wildman–Crippen MR) is 108 cm³/mol. The zero-order chi connectivity index (χ0) is 17.5. The first-order valence-electron chi connectivity index (χ1n) is 8.33. The first-order chi connectivity index (χ1) is 12.2. The molecule has 0 aliphatic heterocycles. The molecule has 1 aromatic heterocycles. The monoisotopic (exact) mass is 349 g/mol. The lowest BCUT2D eigenvalue weighted by Crippen LogP contribution is -2.08. The summed E-state index contributed by atoms with van der Waals surface area (Å²) in [6.45, 7) is 0.820. The lowest BCUT2D eigenvalue weighted by Gasteiger charge is -2.14. The second-order valence-corrected chi connectivity index (χ2v) is 7.06. The summed E-state index contributed by atoms with van der Waals surface area (Å²) in [5.41, 5.74) is 4.96. The second-order valence-electron chi connectivity index (χ2n) is 6.05. The Morgan fingerprint density at radius 1 is 0.920 bits per heavy atom. The first kappa shape index (κ1) is 17.4. The Morgan fingerprint density at radius 2 is 1.64 bits per heavy atom. The van der Waals surface area contributed by atoms with Gasteiger partial charge in [0.2, 0.25) is 0 Å². The highest BCUT2D eigenvalue weighted by atomic mass is 32.2. The quantitative estimate of drug-likeness (QED) is 0.604. The van der Waals surface area contributed by atoms with Crippen LogP contribution in [0.1, 0.15) is 11.1 Å². The highest BCUT2D eigenvalue weighted by molar-refractivity contribution is 7.98. The maximum Gasteiger partial charge on any atom is 0.0411 e. The maximum atomic E-state index is 4.08. The fraction of sp³-hybridized carbons (Fsp3) is 0.190. The molecule has 3 nitrogen and oxygen atoms in total. The topological polar surface area (TPSA) is 28.2 Å². The fourth-order valence-corrected chi connectivity index (χ4v) is 3.52. The lowest BCUT2D eigenvalue weighted by molar-refractivity contribution is 1.09. The Hall–Kier alpha value is -2.46. The number of hydrogen-bond donors (Lipinski definition) is 1. The summed E-state index contributed by atoms with van der Waals surface area (Å²) < 4.78 is 0. The molecule has 4 heteroatoms. The molecule has 3 aromatic rings. The van der Waals surface area contributed by atoms with Crippen LogP contribution in [-0.2, 0) is 12.3 Å². The van der Waals surface area contributed by atoms with Crippen LogP contribution < -0.4 is 10.2 Å². The van der Waals surface area contributed by atoms with Crippen molar-refractivity contribution in [2.45, 2.75) is 17.2 Å². The zero-order valence-corrected chi connectivity index (χ0v) is 15.5. The number of nitrogens with zero attached hydrogens (tertiary/aromatic N) is 2. The van der Waals surface area contributed by atoms with Crippen molar-refractivity contribution in [2.24, 2.45) is 0 Å². The van der Waals surface area contributed by atoms with Crippen molar-refractivity contribution < 1.29 is 0 Å². The SMILES string of the molecule is CN(C)c1ccc(NCc2ccccc2SCc2ccncc2)cc1. The third kappa shape index (κ3) is 5.00. The highest BCUT2D eigenvalue weighted by Crippen LogP contribution is 2.27. The molecule has 128 valence electrons. The summed E-state index contributed by atoms with van der Waals surface area (Å²) >= 11 is 1.87. The van der Waals surface area contributed by atoms with Crippen molar-refractivity contribution in [1.82, 2.24) is 4.98 Å². The minimum absolute atomic E-state index is 0.820. The molecule has 0 atom stereocenters. The van der Waals surface area contributed by atoms with Gasteiger partial charge >= 0.3 is 0 Å². The molecule has 1 N–H and O–H groups in total. The summed E-state index contributed by atoms with van der Waals surface area (Å²) in [6, 6.07) is 21.2. The third-order valence-corrected chi connectivity index (χ3v) is 5.17. The number of nitrogens with one attached hydrogen (secondary N) is 1. The van der Waals surface area contributed by atoms with Crippen LogP contribution in [0.4, 0.5) is 11.4 Å². The average molecular weight is 350 g/mol. The molecule has 0 fully saturated rings. The number of rotatable bonds is 7. The van der Waals surface area contributed by atoms with Gasteiger partial charge in [-0.1, -0.05) is 18.2 Å². The van der Waals surface area contributed by atoms with Gasteiger partial charge in [-0.05, 0) is 53.6 Å². The Balaban J connectivity index is 1.62. The van der Waals surface area contributed by atoms with Gasteiger partial charge in [0.15, 0.2) is 0 Å². The van der Waals surface area contributed by atoms with Gasteiger partial charge in [0.1, 0.15) is 0 Å². The van der Waals surface area contributed by atoms with Crippen LogP contribution in [-0.4, -0.2) is 19.1 Å². The third-order valence-electron chi connectivity index (χ3n) is 3.98. The molecule has 0 aliphatic rings. The Labute approximate surface area is 154 Å². The van der Waals surface area contributed by atoms with Gasteiger partial charge in [-0.2, -0.15) is 0 Å². The molecule has 2 aromatic carbocycles. The first-order valence-corrected chi connectivity index (χ1v) is 9.32. The second kappa shape index (κ2) is 8.58. The van der Waals surface area contributed by atoms with Gasteiger partial charge < -0.3 is 10.2 Å². The number of anilines is 2. The predicted octanol–water partition coefficient (Wildman–Crippen LogP) is 5.05. The molecule has 0 bridgehead atoms. The lowest BCUT2D eigenvalue weighted by atomic mass is 10.2. The van der Waals surface area contributed by atoms with Crippen molar-refractivity contribution in [3.8, 4) is 0 Å². The minimum Gasteiger partial charge on any atom is -0.381 e. The van der Waals surface area contributed by atoms with E-state index in [0.717, 1.165) is 18.0 Å². The van der Waals surface area contributed by atoms with Crippen molar-refractivity contribution in [3.05, 3.63) is 84.2 Å². The van der Waals surface area contributed by atoms with Gasteiger partial charge in [0, 0.05) is 55.1 Å². The van der Waals surface area contributed by atoms with E-state index in [9.17, 15) is 0 Å². The Bertz CT molecular complexity index is 786. The van der Waals surface area contributed by atoms with Crippen LogP contribution in [0.2, 0.25) is 0 Å². The molecule has 25 heavy (non-hydrogen) atoms. The van der Waals surface area contributed by atoms with E-state index in [0.29, 0.717) is 0 Å². The molecule has 1 heterocycles. The van der Waals surface area contributed by atoms with Gasteiger partial charge in [-0.3, -0.25) is 4.98 Å². The van der Waals surface area contributed by atoms with Gasteiger partial charge in [-0.25, -0.2) is 0 Å². The van der Waals surface area contributed by atoms with Crippen LogP contribution >= 0.6 is 11.8 Å². The number of benzene rings is 2. The van der Waals surface area contributed by atoms with E-state index >= 15 is 0 Å². The number of thioether (sulfide) groups is 1. The van der Waals surface area contributed by atoms with Crippen LogP contribution in [0, 0.1) is 0 Å². The van der Waals surface area contributed by atoms with E-state index < -0.39 is 0 Å². The van der Waals surface area contributed by atoms with Crippen molar-refractivity contribution in [3.63, 3.8) is 0 Å². The van der Waals surface area contributed by atoms with Crippen molar-refractivity contribution >= 4 is 23.1 Å². The number of pyridine rings is 1. The number of hydrogen-bond acceptors (Lipinski definition) is 4. The number of aromatic nitrogens is 1. The van der Waals surface area contributed by atoms with Crippen molar-refractivity contribution in [1.29, 1.82) is 0 Å². The van der Waals surface area contributed by atoms with Gasteiger partial charge in [0.25, 0.3) is 0 Å². The summed E-state index contributed by atoms with van der Waals surface area (Å²) in [7, 11) is 4.11.